The van der Waals surface area contributed by atoms with Gasteiger partial charge in [0.2, 0.25) is 5.91 Å². The number of hydrogen-bond donors (Lipinski definition) is 1. The molecule has 0 aliphatic heterocycles. The second-order valence-electron chi connectivity index (χ2n) is 5.21. The molecule has 0 saturated heterocycles. The van der Waals surface area contributed by atoms with Crippen LogP contribution in [0.25, 0.3) is 0 Å². The fourth-order valence-corrected chi connectivity index (χ4v) is 2.82. The SMILES string of the molecule is NC(=O)c1ccccc1C(c1ccccc1)c1ccccc1. The molecule has 22 heavy (non-hydrogen) atoms. The standard InChI is InChI=1S/C20H17NO/c21-20(22)18-14-8-7-13-17(18)19(15-9-3-1-4-10-15)16-11-5-2-6-12-16/h1-14,19H,(H2,21,22). The first-order valence-corrected chi connectivity index (χ1v) is 7.26. The summed E-state index contributed by atoms with van der Waals surface area (Å²) < 4.78 is 0. The second kappa shape index (κ2) is 6.27. The van der Waals surface area contributed by atoms with Gasteiger partial charge in [0.15, 0.2) is 0 Å². The number of benzene rings is 3. The summed E-state index contributed by atoms with van der Waals surface area (Å²) in [5.74, 6) is -0.404. The van der Waals surface area contributed by atoms with Crippen LogP contribution in [0.3, 0.4) is 0 Å². The van der Waals surface area contributed by atoms with Gasteiger partial charge in [0, 0.05) is 11.5 Å². The second-order valence-corrected chi connectivity index (χ2v) is 5.21. The third-order valence-electron chi connectivity index (χ3n) is 3.80. The van der Waals surface area contributed by atoms with Gasteiger partial charge in [0.1, 0.15) is 0 Å². The molecule has 0 bridgehead atoms. The van der Waals surface area contributed by atoms with Crippen molar-refractivity contribution in [1.29, 1.82) is 0 Å². The van der Waals surface area contributed by atoms with Crippen molar-refractivity contribution in [3.05, 3.63) is 107 Å². The van der Waals surface area contributed by atoms with Gasteiger partial charge in [-0.05, 0) is 22.8 Å². The van der Waals surface area contributed by atoms with E-state index in [9.17, 15) is 4.79 Å². The first-order valence-electron chi connectivity index (χ1n) is 7.26. The molecular formula is C20H17NO. The monoisotopic (exact) mass is 287 g/mol. The molecule has 0 atom stereocenters. The van der Waals surface area contributed by atoms with Gasteiger partial charge < -0.3 is 5.73 Å². The Hall–Kier alpha value is -2.87. The Morgan fingerprint density at radius 3 is 1.64 bits per heavy atom. The first kappa shape index (κ1) is 14.1. The zero-order chi connectivity index (χ0) is 15.4. The van der Waals surface area contributed by atoms with E-state index in [1.165, 1.54) is 0 Å². The topological polar surface area (TPSA) is 43.1 Å². The van der Waals surface area contributed by atoms with Crippen LogP contribution in [0, 0.1) is 0 Å². The minimum Gasteiger partial charge on any atom is -0.366 e. The summed E-state index contributed by atoms with van der Waals surface area (Å²) in [7, 11) is 0. The summed E-state index contributed by atoms with van der Waals surface area (Å²) in [5, 5.41) is 0. The molecular weight excluding hydrogens is 270 g/mol. The molecule has 0 fully saturated rings. The van der Waals surface area contributed by atoms with E-state index in [1.54, 1.807) is 6.07 Å². The van der Waals surface area contributed by atoms with Crippen LogP contribution in [-0.4, -0.2) is 5.91 Å². The molecule has 0 heterocycles. The highest BCUT2D eigenvalue weighted by molar-refractivity contribution is 5.94. The van der Waals surface area contributed by atoms with Crippen molar-refractivity contribution >= 4 is 5.91 Å². The minimum absolute atomic E-state index is 0.00824. The maximum absolute atomic E-state index is 11.8. The fourth-order valence-electron chi connectivity index (χ4n) is 2.82. The summed E-state index contributed by atoms with van der Waals surface area (Å²) >= 11 is 0. The van der Waals surface area contributed by atoms with E-state index in [1.807, 2.05) is 54.6 Å². The molecule has 3 rings (SSSR count). The van der Waals surface area contributed by atoms with Crippen LogP contribution in [-0.2, 0) is 0 Å². The molecule has 1 amide bonds. The number of carbonyl (C=O) groups is 1. The van der Waals surface area contributed by atoms with Gasteiger partial charge in [-0.3, -0.25) is 4.79 Å². The van der Waals surface area contributed by atoms with E-state index < -0.39 is 5.91 Å². The van der Waals surface area contributed by atoms with E-state index in [0.29, 0.717) is 5.56 Å². The van der Waals surface area contributed by atoms with Crippen LogP contribution in [0.1, 0.15) is 33.0 Å². The Kier molecular flexibility index (Phi) is 4.01. The van der Waals surface area contributed by atoms with E-state index in [0.717, 1.165) is 16.7 Å². The van der Waals surface area contributed by atoms with Gasteiger partial charge in [0.25, 0.3) is 0 Å². The normalized spacial score (nSPS) is 10.6. The number of carbonyl (C=O) groups excluding carboxylic acids is 1. The molecule has 2 N–H and O–H groups in total. The van der Waals surface area contributed by atoms with E-state index in [2.05, 4.69) is 24.3 Å². The van der Waals surface area contributed by atoms with E-state index in [-0.39, 0.29) is 5.92 Å². The van der Waals surface area contributed by atoms with Crippen LogP contribution >= 0.6 is 0 Å². The highest BCUT2D eigenvalue weighted by Gasteiger charge is 2.20. The van der Waals surface area contributed by atoms with Crippen LogP contribution in [0.5, 0.6) is 0 Å². The van der Waals surface area contributed by atoms with Crippen LogP contribution in [0.2, 0.25) is 0 Å². The van der Waals surface area contributed by atoms with Crippen molar-refractivity contribution in [1.82, 2.24) is 0 Å². The molecule has 0 radical (unpaired) electrons. The molecule has 2 heteroatoms. The lowest BCUT2D eigenvalue weighted by Gasteiger charge is -2.20. The molecule has 2 nitrogen and oxygen atoms in total. The number of primary amides is 1. The summed E-state index contributed by atoms with van der Waals surface area (Å²) in [6.45, 7) is 0. The quantitative estimate of drug-likeness (QED) is 0.725. The minimum atomic E-state index is -0.396. The maximum atomic E-state index is 11.8. The largest absolute Gasteiger partial charge is 0.366 e. The average Bonchev–Trinajstić information content (AvgIpc) is 2.57. The zero-order valence-corrected chi connectivity index (χ0v) is 12.1. The predicted octanol–water partition coefficient (Wildman–Crippen LogP) is 3.97. The van der Waals surface area contributed by atoms with Crippen LogP contribution < -0.4 is 5.73 Å². The Bertz CT molecular complexity index is 726. The van der Waals surface area contributed by atoms with Gasteiger partial charge >= 0.3 is 0 Å². The van der Waals surface area contributed by atoms with E-state index >= 15 is 0 Å². The molecule has 0 unspecified atom stereocenters. The third-order valence-corrected chi connectivity index (χ3v) is 3.80. The lowest BCUT2D eigenvalue weighted by Crippen LogP contribution is -2.16. The van der Waals surface area contributed by atoms with Crippen molar-refractivity contribution in [2.75, 3.05) is 0 Å². The van der Waals surface area contributed by atoms with Gasteiger partial charge in [-0.2, -0.15) is 0 Å². The summed E-state index contributed by atoms with van der Waals surface area (Å²) in [6, 6.07) is 27.9. The van der Waals surface area contributed by atoms with Gasteiger partial charge in [0.05, 0.1) is 0 Å². The van der Waals surface area contributed by atoms with E-state index in [4.69, 9.17) is 5.73 Å². The molecule has 0 spiro atoms. The van der Waals surface area contributed by atoms with Gasteiger partial charge in [-0.25, -0.2) is 0 Å². The Balaban J connectivity index is 2.21. The molecule has 0 aliphatic carbocycles. The number of nitrogens with two attached hydrogens (primary N) is 1. The van der Waals surface area contributed by atoms with Crippen LogP contribution in [0.4, 0.5) is 0 Å². The van der Waals surface area contributed by atoms with Crippen LogP contribution in [0.15, 0.2) is 84.9 Å². The average molecular weight is 287 g/mol. The highest BCUT2D eigenvalue weighted by Crippen LogP contribution is 2.33. The molecule has 0 aliphatic rings. The smallest absolute Gasteiger partial charge is 0.249 e. The Labute approximate surface area is 130 Å². The van der Waals surface area contributed by atoms with Gasteiger partial charge in [-0.15, -0.1) is 0 Å². The van der Waals surface area contributed by atoms with Crippen molar-refractivity contribution < 1.29 is 4.79 Å². The summed E-state index contributed by atoms with van der Waals surface area (Å²) in [5.41, 5.74) is 9.36. The maximum Gasteiger partial charge on any atom is 0.249 e. The molecule has 0 saturated carbocycles. The molecule has 108 valence electrons. The third kappa shape index (κ3) is 2.77. The fraction of sp³-hybridized carbons (Fsp3) is 0.0500. The summed E-state index contributed by atoms with van der Waals surface area (Å²) in [4.78, 5) is 11.8. The lowest BCUT2D eigenvalue weighted by molar-refractivity contribution is 0.0999. The first-order chi connectivity index (χ1) is 10.8. The highest BCUT2D eigenvalue weighted by atomic mass is 16.1. The van der Waals surface area contributed by atoms with Gasteiger partial charge in [-0.1, -0.05) is 78.9 Å². The van der Waals surface area contributed by atoms with Crippen molar-refractivity contribution in [2.45, 2.75) is 5.92 Å². The Morgan fingerprint density at radius 2 is 1.14 bits per heavy atom. The summed E-state index contributed by atoms with van der Waals surface area (Å²) in [6.07, 6.45) is 0. The molecule has 3 aromatic rings. The van der Waals surface area contributed by atoms with Crippen molar-refractivity contribution in [3.63, 3.8) is 0 Å². The zero-order valence-electron chi connectivity index (χ0n) is 12.1. The lowest BCUT2D eigenvalue weighted by atomic mass is 9.83. The van der Waals surface area contributed by atoms with Crippen molar-refractivity contribution in [3.8, 4) is 0 Å². The molecule has 3 aromatic carbocycles. The molecule has 0 aromatic heterocycles. The Morgan fingerprint density at radius 1 is 0.682 bits per heavy atom. The number of rotatable bonds is 4. The number of amides is 1. The van der Waals surface area contributed by atoms with Crippen molar-refractivity contribution in [2.24, 2.45) is 5.73 Å². The number of hydrogen-bond acceptors (Lipinski definition) is 1. The predicted molar refractivity (Wildman–Crippen MR) is 88.8 cm³/mol.